The molecule has 0 saturated carbocycles. The summed E-state index contributed by atoms with van der Waals surface area (Å²) in [6.45, 7) is 2.18. The van der Waals surface area contributed by atoms with E-state index in [1.165, 1.54) is 11.0 Å². The maximum Gasteiger partial charge on any atom is 0.414 e. The van der Waals surface area contributed by atoms with E-state index >= 15 is 4.39 Å². The molecule has 1 N–H and O–H groups in total. The molecule has 2 aromatic carbocycles. The number of Topliss-reactive ketones (excluding diaryl/α,β-unsaturated/α-hetero) is 1. The summed E-state index contributed by atoms with van der Waals surface area (Å²) in [5.74, 6) is -0.621. The molecule has 36 heavy (non-hydrogen) atoms. The van der Waals surface area contributed by atoms with Crippen LogP contribution in [0, 0.1) is 5.82 Å². The number of hydrogen-bond acceptors (Lipinski definition) is 6. The number of nitrogens with one attached hydrogen (secondary N) is 1. The molecule has 2 saturated heterocycles. The number of anilines is 2. The lowest BCUT2D eigenvalue weighted by atomic mass is 10.1. The van der Waals surface area contributed by atoms with Gasteiger partial charge in [0, 0.05) is 32.5 Å². The Hall–Kier alpha value is -3.17. The Labute approximate surface area is 214 Å². The van der Waals surface area contributed by atoms with E-state index in [1.54, 1.807) is 17.1 Å². The summed E-state index contributed by atoms with van der Waals surface area (Å²) in [5, 5.41) is 1.62. The van der Waals surface area contributed by atoms with Crippen molar-refractivity contribution >= 4 is 40.8 Å². The number of carbonyl (C=O) groups excluding carboxylic acids is 3. The van der Waals surface area contributed by atoms with Crippen LogP contribution in [0.3, 0.4) is 0 Å². The lowest BCUT2D eigenvalue weighted by Gasteiger charge is -2.24. The Morgan fingerprint density at radius 3 is 2.64 bits per heavy atom. The minimum absolute atomic E-state index is 0.00590. The van der Waals surface area contributed by atoms with Gasteiger partial charge in [-0.1, -0.05) is 30.3 Å². The van der Waals surface area contributed by atoms with Gasteiger partial charge in [0.25, 0.3) is 0 Å². The third-order valence-corrected chi connectivity index (χ3v) is 6.70. The number of alkyl halides is 1. The Balaban J connectivity index is 1.32. The van der Waals surface area contributed by atoms with Crippen molar-refractivity contribution in [3.63, 3.8) is 0 Å². The first kappa shape index (κ1) is 25.9. The number of carbonyl (C=O) groups is 3. The van der Waals surface area contributed by atoms with Crippen LogP contribution in [-0.4, -0.2) is 67.5 Å². The molecule has 2 aliphatic heterocycles. The summed E-state index contributed by atoms with van der Waals surface area (Å²) < 4.78 is 20.4. The summed E-state index contributed by atoms with van der Waals surface area (Å²) in [4.78, 5) is 39.7. The molecule has 0 aliphatic carbocycles. The molecule has 2 heterocycles. The summed E-state index contributed by atoms with van der Waals surface area (Å²) in [7, 11) is 0. The van der Waals surface area contributed by atoms with Crippen LogP contribution in [0.5, 0.6) is 0 Å². The summed E-state index contributed by atoms with van der Waals surface area (Å²) in [5.41, 5.74) is 5.07. The van der Waals surface area contributed by atoms with Crippen molar-refractivity contribution in [1.29, 1.82) is 0 Å². The van der Waals surface area contributed by atoms with Gasteiger partial charge in [-0.05, 0) is 36.6 Å². The number of aryl methyl sites for hydroxylation is 1. The van der Waals surface area contributed by atoms with Gasteiger partial charge in [0.15, 0.2) is 0 Å². The van der Waals surface area contributed by atoms with E-state index < -0.39 is 18.0 Å². The van der Waals surface area contributed by atoms with E-state index in [0.717, 1.165) is 5.56 Å². The smallest absolute Gasteiger partial charge is 0.414 e. The highest BCUT2D eigenvalue weighted by atomic mass is 35.5. The zero-order valence-corrected chi connectivity index (χ0v) is 20.8. The summed E-state index contributed by atoms with van der Waals surface area (Å²) in [6.07, 6.45) is 0.684. The molecule has 2 aromatic rings. The monoisotopic (exact) mass is 516 g/mol. The van der Waals surface area contributed by atoms with Gasteiger partial charge >= 0.3 is 6.09 Å². The molecule has 4 rings (SSSR count). The number of hydrogen-bond donors (Lipinski definition) is 1. The van der Waals surface area contributed by atoms with Crippen LogP contribution in [0.1, 0.15) is 24.8 Å². The number of halogens is 2. The fourth-order valence-electron chi connectivity index (χ4n) is 4.41. The predicted molar refractivity (Wildman–Crippen MR) is 136 cm³/mol. The number of nitrogens with zero attached hydrogens (tertiary/aromatic N) is 3. The van der Waals surface area contributed by atoms with Crippen LogP contribution in [0.25, 0.3) is 0 Å². The van der Waals surface area contributed by atoms with E-state index in [-0.39, 0.29) is 30.5 Å². The first-order valence-electron chi connectivity index (χ1n) is 12.1. The zero-order chi connectivity index (χ0) is 25.5. The highest BCUT2D eigenvalue weighted by Crippen LogP contribution is 2.29. The standard InChI is InChI=1S/C26H30ClFN4O4/c27-17-21(33)8-9-22-18-31(26(35)36-22)20-7-10-24(23(28)16-20)30-13-12-29-32(15-14-30)25(34)11-6-19-4-2-1-3-5-19/h1-5,7,10,16,22,29H,6,8-9,11-15,17-18H2/t22-/m0/s1. The first-order valence-corrected chi connectivity index (χ1v) is 12.7. The van der Waals surface area contributed by atoms with Crippen molar-refractivity contribution < 1.29 is 23.5 Å². The van der Waals surface area contributed by atoms with E-state index in [9.17, 15) is 14.4 Å². The lowest BCUT2D eigenvalue weighted by molar-refractivity contribution is -0.133. The van der Waals surface area contributed by atoms with E-state index in [1.807, 2.05) is 35.2 Å². The molecule has 0 spiro atoms. The van der Waals surface area contributed by atoms with E-state index in [0.29, 0.717) is 56.8 Å². The fourth-order valence-corrected chi connectivity index (χ4v) is 4.54. The second-order valence-electron chi connectivity index (χ2n) is 8.89. The van der Waals surface area contributed by atoms with Crippen molar-refractivity contribution in [2.24, 2.45) is 0 Å². The summed E-state index contributed by atoms with van der Waals surface area (Å²) >= 11 is 5.52. The second kappa shape index (κ2) is 12.2. The van der Waals surface area contributed by atoms with E-state index in [4.69, 9.17) is 16.3 Å². The molecule has 2 fully saturated rings. The molecule has 1 atom stereocenters. The number of ketones is 1. The molecular weight excluding hydrogens is 487 g/mol. The van der Waals surface area contributed by atoms with Crippen molar-refractivity contribution in [3.8, 4) is 0 Å². The Morgan fingerprint density at radius 1 is 1.08 bits per heavy atom. The average molecular weight is 517 g/mol. The molecule has 192 valence electrons. The SMILES string of the molecule is O=C(CCl)CC[C@H]1CN(c2ccc(N3CCNN(C(=O)CCc4ccccc4)CC3)c(F)c2)C(=O)O1. The van der Waals surface area contributed by atoms with Gasteiger partial charge < -0.3 is 9.64 Å². The van der Waals surface area contributed by atoms with Crippen LogP contribution in [0.15, 0.2) is 48.5 Å². The molecule has 0 unspecified atom stereocenters. The number of hydrazine groups is 1. The highest BCUT2D eigenvalue weighted by Gasteiger charge is 2.33. The molecule has 8 nitrogen and oxygen atoms in total. The van der Waals surface area contributed by atoms with Crippen molar-refractivity contribution in [2.45, 2.75) is 31.8 Å². The number of ether oxygens (including phenoxy) is 1. The highest BCUT2D eigenvalue weighted by molar-refractivity contribution is 6.27. The minimum Gasteiger partial charge on any atom is -0.444 e. The third-order valence-electron chi connectivity index (χ3n) is 6.40. The second-order valence-corrected chi connectivity index (χ2v) is 9.16. The minimum atomic E-state index is -0.561. The normalized spacial score (nSPS) is 18.2. The summed E-state index contributed by atoms with van der Waals surface area (Å²) in [6, 6.07) is 14.5. The Kier molecular flexibility index (Phi) is 8.77. The zero-order valence-electron chi connectivity index (χ0n) is 20.0. The topological polar surface area (TPSA) is 82.2 Å². The van der Waals surface area contributed by atoms with Crippen LogP contribution < -0.4 is 15.2 Å². The van der Waals surface area contributed by atoms with Gasteiger partial charge in [0.2, 0.25) is 5.91 Å². The van der Waals surface area contributed by atoms with Crippen molar-refractivity contribution in [2.75, 3.05) is 48.4 Å². The molecule has 0 aromatic heterocycles. The first-order chi connectivity index (χ1) is 17.4. The number of cyclic esters (lactones) is 1. The van der Waals surface area contributed by atoms with E-state index in [2.05, 4.69) is 5.43 Å². The predicted octanol–water partition coefficient (Wildman–Crippen LogP) is 3.53. The molecule has 0 radical (unpaired) electrons. The van der Waals surface area contributed by atoms with Gasteiger partial charge in [-0.25, -0.2) is 14.6 Å². The van der Waals surface area contributed by atoms with Gasteiger partial charge in [0.1, 0.15) is 17.7 Å². The van der Waals surface area contributed by atoms with Crippen LogP contribution in [-0.2, 0) is 20.7 Å². The number of amides is 2. The number of rotatable bonds is 9. The number of benzene rings is 2. The average Bonchev–Trinajstić information content (AvgIpc) is 3.09. The Morgan fingerprint density at radius 2 is 1.89 bits per heavy atom. The molecular formula is C26H30ClFN4O4. The molecule has 10 heteroatoms. The third kappa shape index (κ3) is 6.53. The van der Waals surface area contributed by atoms with Crippen molar-refractivity contribution in [1.82, 2.24) is 10.4 Å². The van der Waals surface area contributed by atoms with Gasteiger partial charge in [-0.2, -0.15) is 0 Å². The van der Waals surface area contributed by atoms with Crippen LogP contribution in [0.2, 0.25) is 0 Å². The quantitative estimate of drug-likeness (QED) is 0.514. The maximum absolute atomic E-state index is 15.1. The fraction of sp³-hybridized carbons (Fsp3) is 0.423. The van der Waals surface area contributed by atoms with Crippen molar-refractivity contribution in [3.05, 3.63) is 59.9 Å². The molecule has 2 aliphatic rings. The molecule has 0 bridgehead atoms. The largest absolute Gasteiger partial charge is 0.444 e. The van der Waals surface area contributed by atoms with Gasteiger partial charge in [-0.3, -0.25) is 19.5 Å². The lowest BCUT2D eigenvalue weighted by Crippen LogP contribution is -2.43. The van der Waals surface area contributed by atoms with Gasteiger partial charge in [0.05, 0.1) is 30.3 Å². The Bertz CT molecular complexity index is 1090. The maximum atomic E-state index is 15.1. The van der Waals surface area contributed by atoms with Crippen LogP contribution >= 0.6 is 11.6 Å². The van der Waals surface area contributed by atoms with Gasteiger partial charge in [-0.15, -0.1) is 11.6 Å². The van der Waals surface area contributed by atoms with Crippen LogP contribution in [0.4, 0.5) is 20.6 Å². The molecule has 2 amide bonds.